The summed E-state index contributed by atoms with van der Waals surface area (Å²) in [6.07, 6.45) is 1.47. The summed E-state index contributed by atoms with van der Waals surface area (Å²) in [5.41, 5.74) is -0.334. The average Bonchev–Trinajstić information content (AvgIpc) is 2.86. The number of nitrogens with zero attached hydrogens (tertiary/aromatic N) is 1. The van der Waals surface area contributed by atoms with Crippen LogP contribution in [0.2, 0.25) is 0 Å². The number of benzene rings is 1. The second kappa shape index (κ2) is 5.78. The van der Waals surface area contributed by atoms with Crippen molar-refractivity contribution >= 4 is 21.7 Å². The third-order valence-corrected chi connectivity index (χ3v) is 4.97. The monoisotopic (exact) mass is 314 g/mol. The van der Waals surface area contributed by atoms with Crippen LogP contribution in [-0.2, 0) is 14.8 Å². The molecule has 114 valence electrons. The van der Waals surface area contributed by atoms with Gasteiger partial charge in [0.15, 0.2) is 0 Å². The molecule has 21 heavy (non-hydrogen) atoms. The molecule has 1 aromatic rings. The molecule has 9 heteroatoms. The Balaban J connectivity index is 2.24. The molecule has 1 aliphatic carbocycles. The average molecular weight is 314 g/mol. The first kappa shape index (κ1) is 15.4. The van der Waals surface area contributed by atoms with Crippen molar-refractivity contribution in [2.24, 2.45) is 5.92 Å². The molecule has 0 bridgehead atoms. The fourth-order valence-corrected chi connectivity index (χ4v) is 3.78. The number of carboxylic acids is 1. The SMILES string of the molecule is O=C(O)C1CCCC1NS(=O)(=O)c1cccc([N+](=O)[O-])c1. The van der Waals surface area contributed by atoms with E-state index < -0.39 is 32.9 Å². The van der Waals surface area contributed by atoms with Crippen molar-refractivity contribution in [2.75, 3.05) is 0 Å². The lowest BCUT2D eigenvalue weighted by Crippen LogP contribution is -2.40. The van der Waals surface area contributed by atoms with Crippen LogP contribution in [0, 0.1) is 16.0 Å². The summed E-state index contributed by atoms with van der Waals surface area (Å²) >= 11 is 0. The largest absolute Gasteiger partial charge is 0.481 e. The summed E-state index contributed by atoms with van der Waals surface area (Å²) in [7, 11) is -3.98. The Kier molecular flexibility index (Phi) is 4.24. The number of aliphatic carboxylic acids is 1. The minimum atomic E-state index is -3.98. The smallest absolute Gasteiger partial charge is 0.308 e. The number of carboxylic acid groups (broad SMARTS) is 1. The van der Waals surface area contributed by atoms with E-state index >= 15 is 0 Å². The first-order valence-electron chi connectivity index (χ1n) is 6.31. The van der Waals surface area contributed by atoms with Crippen LogP contribution < -0.4 is 4.72 Å². The highest BCUT2D eigenvalue weighted by atomic mass is 32.2. The lowest BCUT2D eigenvalue weighted by molar-refractivity contribution is -0.385. The molecule has 1 fully saturated rings. The molecule has 0 saturated heterocycles. The van der Waals surface area contributed by atoms with Gasteiger partial charge in [-0.1, -0.05) is 12.5 Å². The van der Waals surface area contributed by atoms with Gasteiger partial charge in [-0.2, -0.15) is 0 Å². The van der Waals surface area contributed by atoms with E-state index in [0.717, 1.165) is 6.07 Å². The van der Waals surface area contributed by atoms with E-state index in [9.17, 15) is 23.3 Å². The Morgan fingerprint density at radius 2 is 2.10 bits per heavy atom. The molecule has 1 aliphatic rings. The predicted octanol–water partition coefficient (Wildman–Crippen LogP) is 1.13. The molecule has 0 amide bonds. The molecule has 0 spiro atoms. The van der Waals surface area contributed by atoms with Crippen molar-refractivity contribution in [1.82, 2.24) is 4.72 Å². The maximum atomic E-state index is 12.2. The van der Waals surface area contributed by atoms with Gasteiger partial charge in [0.05, 0.1) is 15.7 Å². The van der Waals surface area contributed by atoms with Gasteiger partial charge in [0.1, 0.15) is 0 Å². The highest BCUT2D eigenvalue weighted by molar-refractivity contribution is 7.89. The van der Waals surface area contributed by atoms with E-state index in [1.165, 1.54) is 18.2 Å². The topological polar surface area (TPSA) is 127 Å². The number of sulfonamides is 1. The number of hydrogen-bond donors (Lipinski definition) is 2. The van der Waals surface area contributed by atoms with Crippen LogP contribution in [0.25, 0.3) is 0 Å². The standard InChI is InChI=1S/C12H14N2O6S/c15-12(16)10-5-2-6-11(10)13-21(19,20)9-4-1-3-8(7-9)14(17)18/h1,3-4,7,10-11,13H,2,5-6H2,(H,15,16). The van der Waals surface area contributed by atoms with E-state index in [2.05, 4.69) is 4.72 Å². The van der Waals surface area contributed by atoms with Crippen LogP contribution in [-0.4, -0.2) is 30.5 Å². The number of carbonyl (C=O) groups is 1. The third kappa shape index (κ3) is 3.37. The molecule has 2 N–H and O–H groups in total. The van der Waals surface area contributed by atoms with Gasteiger partial charge in [-0.05, 0) is 18.9 Å². The predicted molar refractivity (Wildman–Crippen MR) is 72.2 cm³/mol. The molecule has 0 heterocycles. The van der Waals surface area contributed by atoms with Crippen LogP contribution in [0.3, 0.4) is 0 Å². The molecular formula is C12H14N2O6S. The second-order valence-electron chi connectivity index (χ2n) is 4.86. The fourth-order valence-electron chi connectivity index (χ4n) is 2.43. The number of nitro benzene ring substituents is 1. The van der Waals surface area contributed by atoms with Crippen molar-refractivity contribution in [3.8, 4) is 0 Å². The Morgan fingerprint density at radius 1 is 1.38 bits per heavy atom. The Labute approximate surface area is 121 Å². The summed E-state index contributed by atoms with van der Waals surface area (Å²) in [5, 5.41) is 19.7. The van der Waals surface area contributed by atoms with E-state index in [-0.39, 0.29) is 10.6 Å². The van der Waals surface area contributed by atoms with Gasteiger partial charge >= 0.3 is 5.97 Å². The van der Waals surface area contributed by atoms with Crippen LogP contribution in [0.1, 0.15) is 19.3 Å². The molecule has 1 saturated carbocycles. The quantitative estimate of drug-likeness (QED) is 0.619. The molecular weight excluding hydrogens is 300 g/mol. The van der Waals surface area contributed by atoms with E-state index in [0.29, 0.717) is 19.3 Å². The lowest BCUT2D eigenvalue weighted by atomic mass is 10.1. The van der Waals surface area contributed by atoms with Crippen molar-refractivity contribution < 1.29 is 23.2 Å². The lowest BCUT2D eigenvalue weighted by Gasteiger charge is -2.17. The third-order valence-electron chi connectivity index (χ3n) is 3.48. The maximum absolute atomic E-state index is 12.2. The highest BCUT2D eigenvalue weighted by Gasteiger charge is 2.36. The Bertz CT molecular complexity index is 672. The summed E-state index contributed by atoms with van der Waals surface area (Å²) in [5.74, 6) is -1.81. The Morgan fingerprint density at radius 3 is 2.71 bits per heavy atom. The van der Waals surface area contributed by atoms with E-state index in [1.54, 1.807) is 0 Å². The van der Waals surface area contributed by atoms with Gasteiger partial charge in [0.25, 0.3) is 5.69 Å². The molecule has 1 aromatic carbocycles. The molecule has 0 aromatic heterocycles. The van der Waals surface area contributed by atoms with Gasteiger partial charge in [-0.25, -0.2) is 13.1 Å². The fraction of sp³-hybridized carbons (Fsp3) is 0.417. The summed E-state index contributed by atoms with van der Waals surface area (Å²) in [6.45, 7) is 0. The van der Waals surface area contributed by atoms with Crippen LogP contribution >= 0.6 is 0 Å². The first-order valence-corrected chi connectivity index (χ1v) is 7.79. The zero-order valence-electron chi connectivity index (χ0n) is 10.9. The maximum Gasteiger partial charge on any atom is 0.308 e. The van der Waals surface area contributed by atoms with Crippen molar-refractivity contribution in [2.45, 2.75) is 30.2 Å². The molecule has 0 aliphatic heterocycles. The van der Waals surface area contributed by atoms with Gasteiger partial charge < -0.3 is 5.11 Å². The summed E-state index contributed by atoms with van der Waals surface area (Å²) < 4.78 is 26.7. The number of rotatable bonds is 5. The molecule has 2 unspecified atom stereocenters. The van der Waals surface area contributed by atoms with E-state index in [4.69, 9.17) is 5.11 Å². The molecule has 8 nitrogen and oxygen atoms in total. The zero-order chi connectivity index (χ0) is 15.6. The van der Waals surface area contributed by atoms with Gasteiger partial charge in [-0.3, -0.25) is 14.9 Å². The van der Waals surface area contributed by atoms with Crippen molar-refractivity contribution in [1.29, 1.82) is 0 Å². The van der Waals surface area contributed by atoms with Crippen molar-refractivity contribution in [3.05, 3.63) is 34.4 Å². The van der Waals surface area contributed by atoms with Crippen LogP contribution in [0.4, 0.5) is 5.69 Å². The van der Waals surface area contributed by atoms with Gasteiger partial charge in [-0.15, -0.1) is 0 Å². The summed E-state index contributed by atoms with van der Waals surface area (Å²) in [4.78, 5) is 20.8. The highest BCUT2D eigenvalue weighted by Crippen LogP contribution is 2.27. The minimum Gasteiger partial charge on any atom is -0.481 e. The summed E-state index contributed by atoms with van der Waals surface area (Å²) in [6, 6.07) is 3.96. The number of hydrogen-bond acceptors (Lipinski definition) is 5. The molecule has 2 atom stereocenters. The number of non-ortho nitro benzene ring substituents is 1. The second-order valence-corrected chi connectivity index (χ2v) is 6.57. The number of nitrogens with one attached hydrogen (secondary N) is 1. The first-order chi connectivity index (χ1) is 9.81. The van der Waals surface area contributed by atoms with E-state index in [1.807, 2.05) is 0 Å². The molecule has 2 rings (SSSR count). The van der Waals surface area contributed by atoms with Crippen LogP contribution in [0.5, 0.6) is 0 Å². The minimum absolute atomic E-state index is 0.243. The number of nitro groups is 1. The van der Waals surface area contributed by atoms with Gasteiger partial charge in [0, 0.05) is 18.2 Å². The molecule has 0 radical (unpaired) electrons. The normalized spacial score (nSPS) is 22.1. The Hall–Kier alpha value is -2.00. The van der Waals surface area contributed by atoms with Gasteiger partial charge in [0.2, 0.25) is 10.0 Å². The van der Waals surface area contributed by atoms with Crippen LogP contribution in [0.15, 0.2) is 29.2 Å². The van der Waals surface area contributed by atoms with Crippen molar-refractivity contribution in [3.63, 3.8) is 0 Å². The zero-order valence-corrected chi connectivity index (χ0v) is 11.7.